The summed E-state index contributed by atoms with van der Waals surface area (Å²) in [7, 11) is 1.98. The molecule has 0 bridgehead atoms. The number of aryl methyl sites for hydroxylation is 2. The first-order valence-corrected chi connectivity index (χ1v) is 9.48. The van der Waals surface area contributed by atoms with Gasteiger partial charge in [-0.05, 0) is 55.8 Å². The Labute approximate surface area is 161 Å². The summed E-state index contributed by atoms with van der Waals surface area (Å²) in [6, 6.07) is 14.5. The van der Waals surface area contributed by atoms with Crippen molar-refractivity contribution in [1.29, 1.82) is 0 Å². The van der Waals surface area contributed by atoms with Gasteiger partial charge in [0.25, 0.3) is 0 Å². The van der Waals surface area contributed by atoms with Crippen LogP contribution in [0.4, 0.5) is 11.4 Å². The average Bonchev–Trinajstić information content (AvgIpc) is 2.61. The molecule has 1 amide bonds. The van der Waals surface area contributed by atoms with Gasteiger partial charge in [-0.3, -0.25) is 9.69 Å². The number of likely N-dealkylation sites (N-methyl/N-ethyl adjacent to an activating group) is 1. The van der Waals surface area contributed by atoms with Gasteiger partial charge in [-0.2, -0.15) is 0 Å². The molecule has 0 spiro atoms. The second kappa shape index (κ2) is 9.02. The average molecular weight is 367 g/mol. The Balaban J connectivity index is 1.60. The first-order valence-electron chi connectivity index (χ1n) is 9.48. The minimum absolute atomic E-state index is 0.00588. The van der Waals surface area contributed by atoms with E-state index in [1.54, 1.807) is 0 Å². The van der Waals surface area contributed by atoms with Crippen molar-refractivity contribution in [2.24, 2.45) is 0 Å². The number of hydrogen-bond acceptors (Lipinski definition) is 4. The maximum Gasteiger partial charge on any atom is 0.238 e. The largest absolute Gasteiger partial charge is 0.378 e. The Morgan fingerprint density at radius 2 is 1.78 bits per heavy atom. The molecular weight excluding hydrogens is 338 g/mol. The molecule has 144 valence electrons. The monoisotopic (exact) mass is 367 g/mol. The molecule has 0 radical (unpaired) electrons. The highest BCUT2D eigenvalue weighted by Crippen LogP contribution is 2.22. The maximum atomic E-state index is 12.4. The van der Waals surface area contributed by atoms with Crippen molar-refractivity contribution >= 4 is 17.3 Å². The molecule has 0 atom stereocenters. The molecule has 1 fully saturated rings. The number of nitrogens with zero attached hydrogens (tertiary/aromatic N) is 2. The third-order valence-electron chi connectivity index (χ3n) is 4.70. The van der Waals surface area contributed by atoms with Gasteiger partial charge in [-0.1, -0.05) is 24.3 Å². The molecule has 1 aliphatic heterocycles. The molecule has 5 nitrogen and oxygen atoms in total. The van der Waals surface area contributed by atoms with Crippen LogP contribution in [0.2, 0.25) is 0 Å². The summed E-state index contributed by atoms with van der Waals surface area (Å²) in [5.74, 6) is 0.00588. The number of amides is 1. The van der Waals surface area contributed by atoms with Crippen LogP contribution in [0.25, 0.3) is 0 Å². The minimum atomic E-state index is 0.00588. The smallest absolute Gasteiger partial charge is 0.238 e. The third kappa shape index (κ3) is 5.55. The molecule has 1 N–H and O–H groups in total. The highest BCUT2D eigenvalue weighted by atomic mass is 16.5. The Bertz CT molecular complexity index is 765. The van der Waals surface area contributed by atoms with Gasteiger partial charge in [-0.25, -0.2) is 0 Å². The van der Waals surface area contributed by atoms with Crippen molar-refractivity contribution in [3.8, 4) is 0 Å². The van der Waals surface area contributed by atoms with E-state index < -0.39 is 0 Å². The van der Waals surface area contributed by atoms with E-state index >= 15 is 0 Å². The van der Waals surface area contributed by atoms with Crippen LogP contribution in [0.1, 0.15) is 16.7 Å². The van der Waals surface area contributed by atoms with E-state index in [1.807, 2.05) is 33.0 Å². The summed E-state index contributed by atoms with van der Waals surface area (Å²) in [5, 5.41) is 3.01. The number of hydrogen-bond donors (Lipinski definition) is 1. The van der Waals surface area contributed by atoms with Crippen molar-refractivity contribution in [2.75, 3.05) is 50.1 Å². The van der Waals surface area contributed by atoms with E-state index in [-0.39, 0.29) is 5.91 Å². The van der Waals surface area contributed by atoms with Crippen LogP contribution < -0.4 is 10.2 Å². The lowest BCUT2D eigenvalue weighted by Gasteiger charge is -2.31. The van der Waals surface area contributed by atoms with Gasteiger partial charge in [-0.15, -0.1) is 0 Å². The highest BCUT2D eigenvalue weighted by molar-refractivity contribution is 5.92. The van der Waals surface area contributed by atoms with Gasteiger partial charge in [0.05, 0.1) is 19.8 Å². The topological polar surface area (TPSA) is 44.8 Å². The van der Waals surface area contributed by atoms with E-state index in [2.05, 4.69) is 45.4 Å². The zero-order chi connectivity index (χ0) is 19.2. The first-order chi connectivity index (χ1) is 13.0. The number of morpholine rings is 1. The number of rotatable bonds is 6. The number of nitrogens with one attached hydrogen (secondary N) is 1. The molecule has 3 rings (SSSR count). The fourth-order valence-corrected chi connectivity index (χ4v) is 3.60. The SMILES string of the molecule is Cc1cc(C)cc(NC(=O)CN(C)Cc2ccccc2N2CCOCC2)c1. The summed E-state index contributed by atoms with van der Waals surface area (Å²) in [5.41, 5.74) is 5.64. The van der Waals surface area contributed by atoms with Crippen LogP contribution in [0.15, 0.2) is 42.5 Å². The van der Waals surface area contributed by atoms with E-state index in [0.29, 0.717) is 6.54 Å². The molecule has 2 aromatic rings. The summed E-state index contributed by atoms with van der Waals surface area (Å²) in [4.78, 5) is 16.9. The Kier molecular flexibility index (Phi) is 6.48. The number of benzene rings is 2. The minimum Gasteiger partial charge on any atom is -0.378 e. The lowest BCUT2D eigenvalue weighted by Crippen LogP contribution is -2.37. The molecule has 27 heavy (non-hydrogen) atoms. The fourth-order valence-electron chi connectivity index (χ4n) is 3.60. The van der Waals surface area contributed by atoms with Gasteiger partial charge >= 0.3 is 0 Å². The molecule has 0 unspecified atom stereocenters. The van der Waals surface area contributed by atoms with Crippen LogP contribution in [-0.2, 0) is 16.1 Å². The van der Waals surface area contributed by atoms with Crippen LogP contribution in [-0.4, -0.2) is 50.7 Å². The summed E-state index contributed by atoms with van der Waals surface area (Å²) < 4.78 is 5.46. The van der Waals surface area contributed by atoms with Crippen molar-refractivity contribution in [3.63, 3.8) is 0 Å². The molecule has 1 heterocycles. The van der Waals surface area contributed by atoms with Crippen LogP contribution in [0.3, 0.4) is 0 Å². The molecule has 0 saturated carbocycles. The van der Waals surface area contributed by atoms with Crippen molar-refractivity contribution in [3.05, 3.63) is 59.2 Å². The highest BCUT2D eigenvalue weighted by Gasteiger charge is 2.16. The zero-order valence-electron chi connectivity index (χ0n) is 16.5. The van der Waals surface area contributed by atoms with E-state index in [9.17, 15) is 4.79 Å². The number of para-hydroxylation sites is 1. The standard InChI is InChI=1S/C22H29N3O2/c1-17-12-18(2)14-20(13-17)23-22(26)16-24(3)15-19-6-4-5-7-21(19)25-8-10-27-11-9-25/h4-7,12-14H,8-11,15-16H2,1-3H3,(H,23,26). The number of carbonyl (C=O) groups is 1. The Morgan fingerprint density at radius 3 is 2.48 bits per heavy atom. The van der Waals surface area contributed by atoms with E-state index in [4.69, 9.17) is 4.74 Å². The lowest BCUT2D eigenvalue weighted by molar-refractivity contribution is -0.117. The molecule has 1 saturated heterocycles. The van der Waals surface area contributed by atoms with Crippen LogP contribution in [0, 0.1) is 13.8 Å². The molecule has 0 aromatic heterocycles. The maximum absolute atomic E-state index is 12.4. The van der Waals surface area contributed by atoms with E-state index in [0.717, 1.165) is 49.7 Å². The molecule has 2 aromatic carbocycles. The molecule has 0 aliphatic carbocycles. The quantitative estimate of drug-likeness (QED) is 0.852. The second-order valence-corrected chi connectivity index (χ2v) is 7.32. The Hall–Kier alpha value is -2.37. The molecule has 1 aliphatic rings. The molecular formula is C22H29N3O2. The second-order valence-electron chi connectivity index (χ2n) is 7.32. The number of anilines is 2. The number of carbonyl (C=O) groups excluding carboxylic acids is 1. The lowest BCUT2D eigenvalue weighted by atomic mass is 10.1. The van der Waals surface area contributed by atoms with Gasteiger partial charge in [0.15, 0.2) is 0 Å². The predicted octanol–water partition coefficient (Wildman–Crippen LogP) is 3.21. The van der Waals surface area contributed by atoms with Gasteiger partial charge < -0.3 is 15.0 Å². The van der Waals surface area contributed by atoms with Crippen molar-refractivity contribution < 1.29 is 9.53 Å². The van der Waals surface area contributed by atoms with Gasteiger partial charge in [0, 0.05) is 31.0 Å². The van der Waals surface area contributed by atoms with E-state index in [1.165, 1.54) is 11.3 Å². The zero-order valence-corrected chi connectivity index (χ0v) is 16.5. The third-order valence-corrected chi connectivity index (χ3v) is 4.70. The van der Waals surface area contributed by atoms with Crippen molar-refractivity contribution in [2.45, 2.75) is 20.4 Å². The summed E-state index contributed by atoms with van der Waals surface area (Å²) in [6.45, 7) is 8.51. The van der Waals surface area contributed by atoms with Gasteiger partial charge in [0.1, 0.15) is 0 Å². The van der Waals surface area contributed by atoms with Crippen molar-refractivity contribution in [1.82, 2.24) is 4.90 Å². The Morgan fingerprint density at radius 1 is 1.11 bits per heavy atom. The van der Waals surface area contributed by atoms with Gasteiger partial charge in [0.2, 0.25) is 5.91 Å². The van der Waals surface area contributed by atoms with Crippen LogP contribution >= 0.6 is 0 Å². The van der Waals surface area contributed by atoms with Crippen LogP contribution in [0.5, 0.6) is 0 Å². The molecule has 5 heteroatoms. The summed E-state index contributed by atoms with van der Waals surface area (Å²) >= 11 is 0. The first kappa shape index (κ1) is 19.4. The summed E-state index contributed by atoms with van der Waals surface area (Å²) in [6.07, 6.45) is 0. The fraction of sp³-hybridized carbons (Fsp3) is 0.409. The predicted molar refractivity (Wildman–Crippen MR) is 110 cm³/mol. The normalized spacial score (nSPS) is 14.4. The number of ether oxygens (including phenoxy) is 1.